The van der Waals surface area contributed by atoms with E-state index in [1.54, 1.807) is 24.3 Å². The average Bonchev–Trinajstić information content (AvgIpc) is 3.06. The second kappa shape index (κ2) is 18.1. The van der Waals surface area contributed by atoms with Crippen molar-refractivity contribution in [1.82, 2.24) is 0 Å². The number of aliphatic hydroxyl groups excluding tert-OH is 2. The molecule has 8 nitrogen and oxygen atoms in total. The number of halogens is 2. The number of carbonyl (C=O) groups excluding carboxylic acids is 2. The van der Waals surface area contributed by atoms with Crippen molar-refractivity contribution in [3.8, 4) is 33.8 Å². The predicted octanol–water partition coefficient (Wildman–Crippen LogP) is 6.06. The lowest BCUT2D eigenvalue weighted by atomic mass is 9.92. The van der Waals surface area contributed by atoms with Crippen LogP contribution in [0.15, 0.2) is 103 Å². The molecule has 0 bridgehead atoms. The van der Waals surface area contributed by atoms with Crippen molar-refractivity contribution in [2.45, 2.75) is 19.3 Å². The molecule has 0 saturated carbocycles. The summed E-state index contributed by atoms with van der Waals surface area (Å²) in [5.74, 6) is -0.186. The first-order chi connectivity index (χ1) is 21.7. The summed E-state index contributed by atoms with van der Waals surface area (Å²) in [6, 6.07) is 20.8. The van der Waals surface area contributed by atoms with Gasteiger partial charge in [-0.2, -0.15) is 8.78 Å². The fraction of sp³-hybridized carbons (Fsp3) is 0.257. The van der Waals surface area contributed by atoms with Crippen LogP contribution in [0, 0.1) is 0 Å². The molecule has 3 rings (SSSR count). The molecule has 0 spiro atoms. The number of hydrogen-bond donors (Lipinski definition) is 2. The highest BCUT2D eigenvalue weighted by Gasteiger charge is 2.11. The first-order valence-corrected chi connectivity index (χ1v) is 14.2. The van der Waals surface area contributed by atoms with Gasteiger partial charge in [0.15, 0.2) is 0 Å². The van der Waals surface area contributed by atoms with Gasteiger partial charge in [0.2, 0.25) is 0 Å². The van der Waals surface area contributed by atoms with E-state index in [4.69, 9.17) is 29.2 Å². The van der Waals surface area contributed by atoms with E-state index in [-0.39, 0.29) is 44.0 Å². The normalized spacial score (nSPS) is 10.5. The molecule has 238 valence electrons. The molecule has 0 heterocycles. The predicted molar refractivity (Wildman–Crippen MR) is 166 cm³/mol. The van der Waals surface area contributed by atoms with Gasteiger partial charge in [0, 0.05) is 0 Å². The maximum Gasteiger partial charge on any atom is 0.335 e. The summed E-state index contributed by atoms with van der Waals surface area (Å²) in [5, 5.41) is 17.8. The Balaban J connectivity index is 1.67. The molecule has 0 aromatic heterocycles. The van der Waals surface area contributed by atoms with Gasteiger partial charge in [-0.1, -0.05) is 55.6 Å². The van der Waals surface area contributed by atoms with Gasteiger partial charge in [-0.05, 0) is 77.4 Å². The summed E-state index contributed by atoms with van der Waals surface area (Å²) >= 11 is 0. The van der Waals surface area contributed by atoms with Crippen LogP contribution in [0.4, 0.5) is 8.78 Å². The van der Waals surface area contributed by atoms with Crippen molar-refractivity contribution in [1.29, 1.82) is 0 Å². The molecule has 0 aliphatic carbocycles. The highest BCUT2D eigenvalue weighted by molar-refractivity contribution is 5.88. The largest absolute Gasteiger partial charge is 0.490 e. The molecule has 0 amide bonds. The van der Waals surface area contributed by atoms with Gasteiger partial charge in [-0.3, -0.25) is 0 Å². The van der Waals surface area contributed by atoms with Crippen LogP contribution >= 0.6 is 0 Å². The molecule has 0 fully saturated rings. The number of unbranched alkanes of at least 4 members (excludes halogenated alkanes) is 1. The molecule has 10 heteroatoms. The van der Waals surface area contributed by atoms with Crippen LogP contribution in [-0.2, 0) is 25.5 Å². The number of allylic oxidation sites excluding steroid dienone is 1. The number of aryl methyl sites for hydroxylation is 1. The van der Waals surface area contributed by atoms with Crippen LogP contribution < -0.4 is 9.47 Å². The zero-order valence-electron chi connectivity index (χ0n) is 24.8. The van der Waals surface area contributed by atoms with Gasteiger partial charge in [0.25, 0.3) is 6.08 Å². The molecule has 3 aromatic rings. The van der Waals surface area contributed by atoms with Crippen molar-refractivity contribution in [2.24, 2.45) is 0 Å². The Bertz CT molecular complexity index is 1480. The van der Waals surface area contributed by atoms with Crippen molar-refractivity contribution in [3.05, 3.63) is 109 Å². The number of esters is 2. The van der Waals surface area contributed by atoms with Gasteiger partial charge in [-0.15, -0.1) is 0 Å². The average molecular weight is 623 g/mol. The Labute approximate surface area is 260 Å². The molecule has 2 N–H and O–H groups in total. The molecule has 0 unspecified atom stereocenters. The van der Waals surface area contributed by atoms with E-state index in [0.29, 0.717) is 24.3 Å². The zero-order valence-corrected chi connectivity index (χ0v) is 24.8. The van der Waals surface area contributed by atoms with Gasteiger partial charge in [0.1, 0.15) is 37.9 Å². The Morgan fingerprint density at radius 2 is 1.18 bits per heavy atom. The van der Waals surface area contributed by atoms with E-state index < -0.39 is 31.2 Å². The fourth-order valence-corrected chi connectivity index (χ4v) is 4.16. The lowest BCUT2D eigenvalue weighted by molar-refractivity contribution is -0.141. The summed E-state index contributed by atoms with van der Waals surface area (Å²) in [6.45, 7) is 6.15. The van der Waals surface area contributed by atoms with E-state index in [9.17, 15) is 18.4 Å². The Kier molecular flexibility index (Phi) is 14.0. The summed E-state index contributed by atoms with van der Waals surface area (Å²) in [7, 11) is 0. The highest BCUT2D eigenvalue weighted by atomic mass is 19.3. The molecule has 0 radical (unpaired) electrons. The van der Waals surface area contributed by atoms with Crippen molar-refractivity contribution in [3.63, 3.8) is 0 Å². The maximum absolute atomic E-state index is 12.6. The first kappa shape index (κ1) is 34.7. The number of benzene rings is 3. The Morgan fingerprint density at radius 3 is 1.67 bits per heavy atom. The van der Waals surface area contributed by atoms with E-state index in [0.717, 1.165) is 33.9 Å². The fourth-order valence-electron chi connectivity index (χ4n) is 4.16. The van der Waals surface area contributed by atoms with E-state index in [2.05, 4.69) is 13.2 Å². The van der Waals surface area contributed by atoms with Gasteiger partial charge >= 0.3 is 11.9 Å². The van der Waals surface area contributed by atoms with Crippen LogP contribution in [0.25, 0.3) is 22.3 Å². The Hall–Kier alpha value is -4.80. The minimum Gasteiger partial charge on any atom is -0.490 e. The van der Waals surface area contributed by atoms with Crippen LogP contribution in [0.3, 0.4) is 0 Å². The monoisotopic (exact) mass is 622 g/mol. The lowest BCUT2D eigenvalue weighted by Gasteiger charge is -2.14. The van der Waals surface area contributed by atoms with E-state index in [1.807, 2.05) is 42.5 Å². The number of rotatable bonds is 18. The molecule has 45 heavy (non-hydrogen) atoms. The van der Waals surface area contributed by atoms with E-state index >= 15 is 0 Å². The van der Waals surface area contributed by atoms with Crippen LogP contribution in [0.1, 0.15) is 18.4 Å². The van der Waals surface area contributed by atoms with Gasteiger partial charge in [0.05, 0.1) is 24.4 Å². The molecule has 0 aliphatic heterocycles. The third kappa shape index (κ3) is 11.3. The third-order valence-electron chi connectivity index (χ3n) is 6.54. The van der Waals surface area contributed by atoms with Gasteiger partial charge < -0.3 is 29.2 Å². The Morgan fingerprint density at radius 1 is 0.689 bits per heavy atom. The number of ether oxygens (including phenoxy) is 4. The quantitative estimate of drug-likeness (QED) is 0.100. The SMILES string of the molecule is C=C(CO)C(=O)OCCOc1ccc(-c2ccc(-c3ccc(OCCOC(=O)C(=C)CO)cc3)c(CCCC=C(F)F)c2)cc1. The summed E-state index contributed by atoms with van der Waals surface area (Å²) < 4.78 is 46.4. The molecular formula is C35H36F2O8. The van der Waals surface area contributed by atoms with Crippen molar-refractivity contribution in [2.75, 3.05) is 39.6 Å². The van der Waals surface area contributed by atoms with Crippen molar-refractivity contribution >= 4 is 11.9 Å². The van der Waals surface area contributed by atoms with Gasteiger partial charge in [-0.25, -0.2) is 9.59 Å². The minimum absolute atomic E-state index is 0.00356. The lowest BCUT2D eigenvalue weighted by Crippen LogP contribution is -2.14. The minimum atomic E-state index is -1.69. The van der Waals surface area contributed by atoms with Crippen molar-refractivity contribution < 1.29 is 47.5 Å². The topological polar surface area (TPSA) is 112 Å². The highest BCUT2D eigenvalue weighted by Crippen LogP contribution is 2.32. The van der Waals surface area contributed by atoms with Crippen LogP contribution in [0.2, 0.25) is 0 Å². The molecule has 0 aliphatic rings. The summed E-state index contributed by atoms with van der Waals surface area (Å²) in [5.41, 5.74) is 4.71. The second-order valence-corrected chi connectivity index (χ2v) is 9.80. The molecule has 0 atom stereocenters. The number of hydrogen-bond acceptors (Lipinski definition) is 8. The van der Waals surface area contributed by atoms with Crippen LogP contribution in [-0.4, -0.2) is 61.8 Å². The summed E-state index contributed by atoms with van der Waals surface area (Å²) in [4.78, 5) is 23.1. The maximum atomic E-state index is 12.6. The smallest absolute Gasteiger partial charge is 0.335 e. The number of carbonyl (C=O) groups is 2. The zero-order chi connectivity index (χ0) is 32.6. The number of aliphatic hydroxyl groups is 2. The third-order valence-corrected chi connectivity index (χ3v) is 6.54. The molecule has 3 aromatic carbocycles. The second-order valence-electron chi connectivity index (χ2n) is 9.80. The van der Waals surface area contributed by atoms with E-state index in [1.165, 1.54) is 0 Å². The summed E-state index contributed by atoms with van der Waals surface area (Å²) in [6.07, 6.45) is 0.612. The molecule has 0 saturated heterocycles. The first-order valence-electron chi connectivity index (χ1n) is 14.2. The van der Waals surface area contributed by atoms with Crippen LogP contribution in [0.5, 0.6) is 11.5 Å². The standard InChI is InChI=1S/C35H36F2O8/c1-24(22-38)34(40)44-19-17-42-30-12-7-26(8-13-30)28-11-16-32(29(21-28)5-3-4-6-33(36)37)27-9-14-31(15-10-27)43-18-20-45-35(41)25(2)23-39/h6-16,21,38-39H,1-5,17-20,22-23H2. The molecular weight excluding hydrogens is 586 g/mol.